The first-order chi connectivity index (χ1) is 10.6. The molecule has 1 aromatic heterocycles. The first kappa shape index (κ1) is 15.1. The summed E-state index contributed by atoms with van der Waals surface area (Å²) in [6.07, 6.45) is 3.93. The number of carbonyl (C=O) groups excluding carboxylic acids is 1. The SMILES string of the molecule is Cn1cc(CN2CCN(C(=O)c3ccc(Cl)cc3)CC2)cn1. The molecular formula is C16H19ClN4O. The second kappa shape index (κ2) is 6.50. The van der Waals surface area contributed by atoms with Gasteiger partial charge in [-0.3, -0.25) is 14.4 Å². The van der Waals surface area contributed by atoms with E-state index < -0.39 is 0 Å². The highest BCUT2D eigenvalue weighted by molar-refractivity contribution is 6.30. The van der Waals surface area contributed by atoms with Crippen molar-refractivity contribution >= 4 is 17.5 Å². The molecule has 1 aliphatic rings. The second-order valence-corrected chi connectivity index (χ2v) is 6.03. The molecule has 1 fully saturated rings. The Balaban J connectivity index is 1.55. The molecule has 0 aliphatic carbocycles. The van der Waals surface area contributed by atoms with Crippen LogP contribution in [0.5, 0.6) is 0 Å². The lowest BCUT2D eigenvalue weighted by molar-refractivity contribution is 0.0628. The molecule has 0 bridgehead atoms. The molecule has 1 aromatic carbocycles. The van der Waals surface area contributed by atoms with E-state index in [1.165, 1.54) is 5.56 Å². The lowest BCUT2D eigenvalue weighted by Gasteiger charge is -2.34. The minimum atomic E-state index is 0.0812. The Labute approximate surface area is 135 Å². The molecule has 1 aliphatic heterocycles. The summed E-state index contributed by atoms with van der Waals surface area (Å²) in [7, 11) is 1.92. The summed E-state index contributed by atoms with van der Waals surface area (Å²) in [6, 6.07) is 7.08. The van der Waals surface area contributed by atoms with Crippen molar-refractivity contribution < 1.29 is 4.79 Å². The van der Waals surface area contributed by atoms with Gasteiger partial charge in [-0.15, -0.1) is 0 Å². The summed E-state index contributed by atoms with van der Waals surface area (Å²) in [4.78, 5) is 16.7. The number of amides is 1. The third kappa shape index (κ3) is 3.48. The van der Waals surface area contributed by atoms with Gasteiger partial charge in [0.05, 0.1) is 6.20 Å². The standard InChI is InChI=1S/C16H19ClN4O/c1-19-11-13(10-18-19)12-20-6-8-21(9-7-20)16(22)14-2-4-15(17)5-3-14/h2-5,10-11H,6-9,12H2,1H3. The van der Waals surface area contributed by atoms with Gasteiger partial charge < -0.3 is 4.90 Å². The first-order valence-electron chi connectivity index (χ1n) is 7.36. The molecule has 6 heteroatoms. The van der Waals surface area contributed by atoms with Crippen LogP contribution in [0.1, 0.15) is 15.9 Å². The van der Waals surface area contributed by atoms with Crippen LogP contribution < -0.4 is 0 Å². The van der Waals surface area contributed by atoms with E-state index in [0.717, 1.165) is 32.7 Å². The van der Waals surface area contributed by atoms with E-state index in [0.29, 0.717) is 10.6 Å². The zero-order valence-electron chi connectivity index (χ0n) is 12.6. The van der Waals surface area contributed by atoms with E-state index in [9.17, 15) is 4.79 Å². The predicted octanol–water partition coefficient (Wildman–Crippen LogP) is 2.03. The number of hydrogen-bond acceptors (Lipinski definition) is 3. The van der Waals surface area contributed by atoms with Gasteiger partial charge in [-0.2, -0.15) is 5.10 Å². The van der Waals surface area contributed by atoms with E-state index in [2.05, 4.69) is 10.00 Å². The first-order valence-corrected chi connectivity index (χ1v) is 7.74. The van der Waals surface area contributed by atoms with Crippen molar-refractivity contribution in [2.24, 2.45) is 7.05 Å². The van der Waals surface area contributed by atoms with Crippen LogP contribution in [0.15, 0.2) is 36.7 Å². The summed E-state index contributed by atoms with van der Waals surface area (Å²) in [5.74, 6) is 0.0812. The van der Waals surface area contributed by atoms with Gasteiger partial charge in [-0.05, 0) is 24.3 Å². The maximum absolute atomic E-state index is 12.4. The third-order valence-corrected chi connectivity index (χ3v) is 4.17. The van der Waals surface area contributed by atoms with Crippen molar-refractivity contribution in [3.63, 3.8) is 0 Å². The van der Waals surface area contributed by atoms with Crippen LogP contribution in [0.4, 0.5) is 0 Å². The van der Waals surface area contributed by atoms with E-state index in [4.69, 9.17) is 11.6 Å². The summed E-state index contributed by atoms with van der Waals surface area (Å²) >= 11 is 5.86. The molecule has 1 saturated heterocycles. The molecule has 3 rings (SSSR count). The van der Waals surface area contributed by atoms with Crippen molar-refractivity contribution in [2.75, 3.05) is 26.2 Å². The average molecular weight is 319 g/mol. The fourth-order valence-corrected chi connectivity index (χ4v) is 2.82. The average Bonchev–Trinajstić information content (AvgIpc) is 2.93. The predicted molar refractivity (Wildman–Crippen MR) is 85.8 cm³/mol. The fourth-order valence-electron chi connectivity index (χ4n) is 2.70. The normalized spacial score (nSPS) is 16.0. The van der Waals surface area contributed by atoms with Crippen molar-refractivity contribution in [1.29, 1.82) is 0 Å². The van der Waals surface area contributed by atoms with Crippen LogP contribution in [0.2, 0.25) is 5.02 Å². The van der Waals surface area contributed by atoms with Gasteiger partial charge in [-0.1, -0.05) is 11.6 Å². The van der Waals surface area contributed by atoms with Crippen LogP contribution in [0.25, 0.3) is 0 Å². The van der Waals surface area contributed by atoms with Crippen molar-refractivity contribution in [3.8, 4) is 0 Å². The molecule has 2 heterocycles. The zero-order valence-corrected chi connectivity index (χ0v) is 13.3. The molecule has 2 aromatic rings. The van der Waals surface area contributed by atoms with Gasteiger partial charge in [0.2, 0.25) is 0 Å². The molecular weight excluding hydrogens is 300 g/mol. The smallest absolute Gasteiger partial charge is 0.253 e. The van der Waals surface area contributed by atoms with E-state index >= 15 is 0 Å². The number of halogens is 1. The minimum Gasteiger partial charge on any atom is -0.336 e. The van der Waals surface area contributed by atoms with Crippen LogP contribution in [0.3, 0.4) is 0 Å². The van der Waals surface area contributed by atoms with Crippen LogP contribution in [0, 0.1) is 0 Å². The lowest BCUT2D eigenvalue weighted by Crippen LogP contribution is -2.48. The minimum absolute atomic E-state index is 0.0812. The summed E-state index contributed by atoms with van der Waals surface area (Å²) in [6.45, 7) is 4.16. The van der Waals surface area contributed by atoms with Gasteiger partial charge >= 0.3 is 0 Å². The summed E-state index contributed by atoms with van der Waals surface area (Å²) in [5.41, 5.74) is 1.91. The van der Waals surface area contributed by atoms with E-state index in [1.54, 1.807) is 24.3 Å². The van der Waals surface area contributed by atoms with Crippen LogP contribution in [-0.4, -0.2) is 51.7 Å². The van der Waals surface area contributed by atoms with Gasteiger partial charge in [0.15, 0.2) is 0 Å². The number of carbonyl (C=O) groups is 1. The number of nitrogens with zero attached hydrogens (tertiary/aromatic N) is 4. The Kier molecular flexibility index (Phi) is 4.45. The van der Waals surface area contributed by atoms with E-state index in [-0.39, 0.29) is 5.91 Å². The number of hydrogen-bond donors (Lipinski definition) is 0. The molecule has 1 amide bonds. The van der Waals surface area contributed by atoms with Crippen LogP contribution in [-0.2, 0) is 13.6 Å². The number of piperazine rings is 1. The number of aryl methyl sites for hydroxylation is 1. The molecule has 0 radical (unpaired) electrons. The Morgan fingerprint density at radius 1 is 1.18 bits per heavy atom. The Morgan fingerprint density at radius 2 is 1.86 bits per heavy atom. The molecule has 0 unspecified atom stereocenters. The quantitative estimate of drug-likeness (QED) is 0.869. The van der Waals surface area contributed by atoms with Gasteiger partial charge in [0.25, 0.3) is 5.91 Å². The fraction of sp³-hybridized carbons (Fsp3) is 0.375. The van der Waals surface area contributed by atoms with Crippen LogP contribution >= 0.6 is 11.6 Å². The molecule has 0 spiro atoms. The summed E-state index contributed by atoms with van der Waals surface area (Å²) < 4.78 is 1.82. The summed E-state index contributed by atoms with van der Waals surface area (Å²) in [5, 5.41) is 4.84. The van der Waals surface area contributed by atoms with Crippen molar-refractivity contribution in [1.82, 2.24) is 19.6 Å². The number of rotatable bonds is 3. The molecule has 0 N–H and O–H groups in total. The van der Waals surface area contributed by atoms with Crippen molar-refractivity contribution in [3.05, 3.63) is 52.8 Å². The molecule has 0 atom stereocenters. The van der Waals surface area contributed by atoms with Gasteiger partial charge in [0, 0.05) is 62.1 Å². The number of benzene rings is 1. The number of aromatic nitrogens is 2. The maximum Gasteiger partial charge on any atom is 0.253 e. The highest BCUT2D eigenvalue weighted by atomic mass is 35.5. The Bertz CT molecular complexity index is 644. The third-order valence-electron chi connectivity index (χ3n) is 3.92. The van der Waals surface area contributed by atoms with Crippen molar-refractivity contribution in [2.45, 2.75) is 6.54 Å². The van der Waals surface area contributed by atoms with Gasteiger partial charge in [0.1, 0.15) is 0 Å². The highest BCUT2D eigenvalue weighted by Crippen LogP contribution is 2.14. The Hall–Kier alpha value is -1.85. The molecule has 5 nitrogen and oxygen atoms in total. The van der Waals surface area contributed by atoms with E-state index in [1.807, 2.05) is 29.0 Å². The lowest BCUT2D eigenvalue weighted by atomic mass is 10.2. The maximum atomic E-state index is 12.4. The second-order valence-electron chi connectivity index (χ2n) is 5.60. The molecule has 0 saturated carbocycles. The van der Waals surface area contributed by atoms with Gasteiger partial charge in [-0.25, -0.2) is 0 Å². The molecule has 116 valence electrons. The monoisotopic (exact) mass is 318 g/mol. The largest absolute Gasteiger partial charge is 0.336 e. The molecule has 22 heavy (non-hydrogen) atoms. The highest BCUT2D eigenvalue weighted by Gasteiger charge is 2.22. The zero-order chi connectivity index (χ0) is 15.5. The topological polar surface area (TPSA) is 41.4 Å². The Morgan fingerprint density at radius 3 is 2.45 bits per heavy atom.